The summed E-state index contributed by atoms with van der Waals surface area (Å²) < 4.78 is 13.1. The fourth-order valence-corrected chi connectivity index (χ4v) is 5.48. The fourth-order valence-electron chi connectivity index (χ4n) is 5.48. The van der Waals surface area contributed by atoms with Gasteiger partial charge in [-0.3, -0.25) is 19.1 Å². The van der Waals surface area contributed by atoms with Crippen LogP contribution >= 0.6 is 0 Å². The first kappa shape index (κ1) is 34.6. The maximum atomic E-state index is 13.4. The van der Waals surface area contributed by atoms with Gasteiger partial charge >= 0.3 is 6.09 Å². The van der Waals surface area contributed by atoms with E-state index in [-0.39, 0.29) is 5.82 Å². The molecule has 1 aromatic carbocycles. The predicted octanol–water partition coefficient (Wildman–Crippen LogP) is 7.23. The first-order valence-corrected chi connectivity index (χ1v) is 16.5. The third-order valence-electron chi connectivity index (χ3n) is 8.20. The van der Waals surface area contributed by atoms with Gasteiger partial charge in [-0.1, -0.05) is 12.0 Å². The second-order valence-corrected chi connectivity index (χ2v) is 13.3. The van der Waals surface area contributed by atoms with E-state index in [9.17, 15) is 9.59 Å². The molecule has 0 unspecified atom stereocenters. The Kier molecular flexibility index (Phi) is 9.44. The molecule has 0 spiro atoms. The van der Waals surface area contributed by atoms with E-state index < -0.39 is 23.6 Å². The molecule has 5 aromatic heterocycles. The van der Waals surface area contributed by atoms with E-state index in [4.69, 9.17) is 19.4 Å². The maximum absolute atomic E-state index is 13.4. The van der Waals surface area contributed by atoms with E-state index in [2.05, 4.69) is 27.1 Å². The van der Waals surface area contributed by atoms with Crippen molar-refractivity contribution in [3.8, 4) is 40.2 Å². The fraction of sp³-hybridized carbons (Fsp3) is 0.250. The van der Waals surface area contributed by atoms with E-state index in [0.717, 1.165) is 39.1 Å². The van der Waals surface area contributed by atoms with E-state index in [0.29, 0.717) is 28.4 Å². The van der Waals surface area contributed by atoms with Crippen molar-refractivity contribution in [2.45, 2.75) is 53.2 Å². The van der Waals surface area contributed by atoms with Crippen LogP contribution in [-0.4, -0.2) is 67.0 Å². The smallest absolute Gasteiger partial charge is 0.410 e. The van der Waals surface area contributed by atoms with Crippen molar-refractivity contribution in [1.82, 2.24) is 29.2 Å². The molecule has 0 saturated carbocycles. The Morgan fingerprint density at radius 1 is 0.941 bits per heavy atom. The minimum absolute atomic E-state index is 0.265. The number of carbonyl (C=O) groups is 2. The highest BCUT2D eigenvalue weighted by molar-refractivity contribution is 5.96. The second-order valence-electron chi connectivity index (χ2n) is 13.3. The van der Waals surface area contributed by atoms with E-state index in [1.807, 2.05) is 85.1 Å². The molecule has 0 aliphatic carbocycles. The lowest BCUT2D eigenvalue weighted by Crippen LogP contribution is -2.45. The molecule has 1 N–H and O–H groups in total. The Labute approximate surface area is 296 Å². The average molecular weight is 682 g/mol. The predicted molar refractivity (Wildman–Crippen MR) is 197 cm³/mol. The van der Waals surface area contributed by atoms with Gasteiger partial charge in [0.1, 0.15) is 34.5 Å². The van der Waals surface area contributed by atoms with Gasteiger partial charge in [-0.05, 0) is 114 Å². The van der Waals surface area contributed by atoms with Crippen molar-refractivity contribution in [3.05, 3.63) is 102 Å². The molecular weight excluding hydrogens is 642 g/mol. The van der Waals surface area contributed by atoms with Crippen molar-refractivity contribution in [2.24, 2.45) is 0 Å². The Morgan fingerprint density at radius 2 is 1.75 bits per heavy atom. The van der Waals surface area contributed by atoms with Crippen LogP contribution in [0.5, 0.6) is 5.88 Å². The summed E-state index contributed by atoms with van der Waals surface area (Å²) in [6, 6.07) is 20.3. The summed E-state index contributed by atoms with van der Waals surface area (Å²) in [5.74, 6) is 6.81. The van der Waals surface area contributed by atoms with E-state index in [1.165, 1.54) is 11.9 Å². The molecule has 0 bridgehead atoms. The van der Waals surface area contributed by atoms with Crippen LogP contribution in [-0.2, 0) is 9.53 Å². The number of ether oxygens (including phenoxy) is 2. The summed E-state index contributed by atoms with van der Waals surface area (Å²) in [6.45, 7) is 10.9. The Bertz CT molecular complexity index is 2370. The third-order valence-corrected chi connectivity index (χ3v) is 8.20. The highest BCUT2D eigenvalue weighted by Crippen LogP contribution is 2.38. The number of nitrogens with one attached hydrogen (secondary N) is 1. The number of aromatic nitrogens is 5. The lowest BCUT2D eigenvalue weighted by molar-refractivity contribution is -0.120. The molecular formula is C40H39N7O4. The van der Waals surface area contributed by atoms with Gasteiger partial charge in [-0.25, -0.2) is 19.7 Å². The first-order valence-electron chi connectivity index (χ1n) is 16.5. The number of imidazole rings is 1. The minimum atomic E-state index is -0.850. The summed E-state index contributed by atoms with van der Waals surface area (Å²) in [5.41, 5.74) is 6.77. The number of rotatable bonds is 6. The summed E-state index contributed by atoms with van der Waals surface area (Å²) in [4.78, 5) is 46.3. The molecule has 6 aromatic rings. The van der Waals surface area contributed by atoms with Crippen LogP contribution in [0.3, 0.4) is 0 Å². The Morgan fingerprint density at radius 3 is 2.51 bits per heavy atom. The van der Waals surface area contributed by atoms with Gasteiger partial charge in [-0.15, -0.1) is 0 Å². The van der Waals surface area contributed by atoms with Crippen molar-refractivity contribution >= 4 is 34.4 Å². The molecule has 258 valence electrons. The van der Waals surface area contributed by atoms with Crippen LogP contribution in [0.1, 0.15) is 50.2 Å². The Hall–Kier alpha value is -6.28. The van der Waals surface area contributed by atoms with Gasteiger partial charge in [0.25, 0.3) is 0 Å². The van der Waals surface area contributed by atoms with Crippen LogP contribution in [0.25, 0.3) is 39.1 Å². The normalized spacial score (nSPS) is 11.8. The highest BCUT2D eigenvalue weighted by Gasteiger charge is 2.28. The van der Waals surface area contributed by atoms with Crippen LogP contribution in [0.2, 0.25) is 0 Å². The summed E-state index contributed by atoms with van der Waals surface area (Å²) in [7, 11) is 3.09. The van der Waals surface area contributed by atoms with E-state index >= 15 is 0 Å². The molecule has 5 heterocycles. The van der Waals surface area contributed by atoms with Gasteiger partial charge < -0.3 is 14.8 Å². The molecule has 1 atom stereocenters. The lowest BCUT2D eigenvalue weighted by Gasteiger charge is -2.28. The molecule has 0 fully saturated rings. The van der Waals surface area contributed by atoms with Gasteiger partial charge in [0.2, 0.25) is 11.8 Å². The molecule has 0 aliphatic heterocycles. The van der Waals surface area contributed by atoms with Gasteiger partial charge in [-0.2, -0.15) is 0 Å². The zero-order valence-electron chi connectivity index (χ0n) is 29.9. The summed E-state index contributed by atoms with van der Waals surface area (Å²) in [6.07, 6.45) is 3.01. The second kappa shape index (κ2) is 13.9. The maximum Gasteiger partial charge on any atom is 0.410 e. The molecule has 11 nitrogen and oxygen atoms in total. The number of fused-ring (bicyclic) bond motifs is 2. The lowest BCUT2D eigenvalue weighted by atomic mass is 10.0. The number of hydrogen-bond acceptors (Lipinski definition) is 8. The molecule has 11 heteroatoms. The standard InChI is InChI=1S/C40H39N7O4/c1-24-19-21-47-34(22-24)45-35(30-10-9-20-41-38(30)50-8)36(47)29-15-18-33(44-37(48)26(3)46(7)39(49)51-40(4,5)6)43-32(29)17-13-27-12-16-31-28(23-27)14-11-25(2)42-31/h9-12,14-16,18-23,26H,1-8H3,(H,43,44,48)/t26-/m0/s1. The van der Waals surface area contributed by atoms with Gasteiger partial charge in [0, 0.05) is 41.6 Å². The number of likely N-dealkylation sites (N-methyl/N-ethyl adjacent to an activating group) is 1. The number of amides is 2. The number of pyridine rings is 4. The van der Waals surface area contributed by atoms with Crippen LogP contribution in [0.4, 0.5) is 10.6 Å². The number of benzene rings is 1. The first-order chi connectivity index (χ1) is 24.3. The van der Waals surface area contributed by atoms with Gasteiger partial charge in [0.05, 0.1) is 23.9 Å². The number of aryl methyl sites for hydroxylation is 2. The summed E-state index contributed by atoms with van der Waals surface area (Å²) >= 11 is 0. The van der Waals surface area contributed by atoms with Crippen molar-refractivity contribution < 1.29 is 19.1 Å². The third kappa shape index (κ3) is 7.50. The van der Waals surface area contributed by atoms with Crippen molar-refractivity contribution in [2.75, 3.05) is 19.5 Å². The minimum Gasteiger partial charge on any atom is -0.481 e. The molecule has 0 radical (unpaired) electrons. The number of methoxy groups -OCH3 is 1. The van der Waals surface area contributed by atoms with Gasteiger partial charge in [0.15, 0.2) is 0 Å². The number of nitrogens with zero attached hydrogens (tertiary/aromatic N) is 6. The number of hydrogen-bond donors (Lipinski definition) is 1. The molecule has 0 saturated heterocycles. The zero-order chi connectivity index (χ0) is 36.4. The molecule has 6 rings (SSSR count). The topological polar surface area (TPSA) is 124 Å². The van der Waals surface area contributed by atoms with Crippen molar-refractivity contribution in [1.29, 1.82) is 0 Å². The highest BCUT2D eigenvalue weighted by atomic mass is 16.6. The largest absolute Gasteiger partial charge is 0.481 e. The van der Waals surface area contributed by atoms with Crippen LogP contribution in [0.15, 0.2) is 79.1 Å². The quantitative estimate of drug-likeness (QED) is 0.183. The Balaban J connectivity index is 1.48. The van der Waals surface area contributed by atoms with E-state index in [1.54, 1.807) is 47.1 Å². The monoisotopic (exact) mass is 681 g/mol. The molecule has 2 amide bonds. The molecule has 51 heavy (non-hydrogen) atoms. The number of carbonyl (C=O) groups excluding carboxylic acids is 2. The van der Waals surface area contributed by atoms with Crippen LogP contribution < -0.4 is 10.1 Å². The van der Waals surface area contributed by atoms with Crippen molar-refractivity contribution in [3.63, 3.8) is 0 Å². The summed E-state index contributed by atoms with van der Waals surface area (Å²) in [5, 5.41) is 3.83. The number of anilines is 1. The molecule has 0 aliphatic rings. The SMILES string of the molecule is COc1ncccc1-c1nc2cc(C)ccn2c1-c1ccc(NC(=O)[C@H](C)N(C)C(=O)OC(C)(C)C)nc1C#Cc1ccc2nc(C)ccc2c1. The average Bonchev–Trinajstić information content (AvgIpc) is 3.47. The van der Waals surface area contributed by atoms with Crippen LogP contribution in [0, 0.1) is 25.7 Å². The zero-order valence-corrected chi connectivity index (χ0v) is 29.9.